The summed E-state index contributed by atoms with van der Waals surface area (Å²) in [5.74, 6) is 0. The third-order valence-corrected chi connectivity index (χ3v) is 18.0. The first-order valence-corrected chi connectivity index (χ1v) is 48.4. The molecule has 18 aromatic rings. The fourth-order valence-electron chi connectivity index (χ4n) is 12.4. The van der Waals surface area contributed by atoms with E-state index in [1.165, 1.54) is 89.0 Å². The van der Waals surface area contributed by atoms with Crippen LogP contribution in [0.3, 0.4) is 0 Å². The Kier molecular flexibility index (Phi) is 68.3. The van der Waals surface area contributed by atoms with Crippen molar-refractivity contribution in [2.75, 3.05) is 0 Å². The molecule has 15 aromatic carbocycles. The van der Waals surface area contributed by atoms with Crippen LogP contribution in [-0.2, 0) is 0 Å². The van der Waals surface area contributed by atoms with Crippen molar-refractivity contribution in [3.8, 4) is 134 Å². The Bertz CT molecular complexity index is 4360. The largest absolute Gasteiger partial charge is 0.263 e. The summed E-state index contributed by atoms with van der Waals surface area (Å²) in [5.41, 5.74) is 28.7. The molecule has 0 bridgehead atoms. The van der Waals surface area contributed by atoms with Gasteiger partial charge in [0.1, 0.15) is 0 Å². The second kappa shape index (κ2) is 77.8. The van der Waals surface area contributed by atoms with Gasteiger partial charge in [-0.25, -0.2) is 4.98 Å². The molecule has 18 rings (SSSR count). The lowest BCUT2D eigenvalue weighted by Gasteiger charge is -2.05. The van der Waals surface area contributed by atoms with Crippen LogP contribution in [0.2, 0.25) is 0 Å². The van der Waals surface area contributed by atoms with Gasteiger partial charge in [-0.1, -0.05) is 591 Å². The fraction of sp³-hybridized carbons (Fsp3) is 0.186. The summed E-state index contributed by atoms with van der Waals surface area (Å²) in [5, 5.41) is 0. The lowest BCUT2D eigenvalue weighted by atomic mass is 9.99. The Morgan fingerprint density at radius 2 is 0.258 bits per heavy atom. The molecule has 0 N–H and O–H groups in total. The van der Waals surface area contributed by atoms with Gasteiger partial charge in [-0.3, -0.25) is 9.97 Å². The highest BCUT2D eigenvalue weighted by Gasteiger charge is 2.08. The third kappa shape index (κ3) is 42.3. The number of aromatic nitrogens is 3. The summed E-state index contributed by atoms with van der Waals surface area (Å²) >= 11 is 0. The minimum absolute atomic E-state index is 1.01. The molecule has 0 saturated heterocycles. The SMILES string of the molecule is CC.CC.CC.CC.CC.CC.CC.CC.CC.CC.CC.CC.c1ccc(-c2cccc(-c3ccccc3)c2)cc1.c1ccc(-c2cccc(-c3ccccc3)c2)cc1.c1ccc(-c2cccc(-c3ccccc3)c2)cc1.c1ccc(-c2cccc(-c3ccccc3)n2)cc1.c1ccc(-c2ccnc(-c3ccccc3)c2)cc1.c1ccc(-c2cncc(-c3ccccc3)c2)cc1. The second-order valence-electron chi connectivity index (χ2n) is 25.4. The molecule has 0 atom stereocenters. The van der Waals surface area contributed by atoms with E-state index in [1.54, 1.807) is 0 Å². The average Bonchev–Trinajstić information content (AvgIpc) is 0.866. The molecule has 684 valence electrons. The van der Waals surface area contributed by atoms with E-state index < -0.39 is 0 Å². The van der Waals surface area contributed by atoms with Crippen molar-refractivity contribution >= 4 is 0 Å². The van der Waals surface area contributed by atoms with Crippen LogP contribution < -0.4 is 0 Å². The van der Waals surface area contributed by atoms with Crippen LogP contribution >= 0.6 is 0 Å². The molecule has 0 aliphatic rings. The topological polar surface area (TPSA) is 38.7 Å². The van der Waals surface area contributed by atoms with Crippen LogP contribution in [0.15, 0.2) is 492 Å². The molecule has 0 spiro atoms. The first-order chi connectivity index (χ1) is 65.6. The van der Waals surface area contributed by atoms with Crippen molar-refractivity contribution in [2.45, 2.75) is 166 Å². The van der Waals surface area contributed by atoms with Gasteiger partial charge >= 0.3 is 0 Å². The lowest BCUT2D eigenvalue weighted by Crippen LogP contribution is -1.87. The molecule has 0 amide bonds. The molecule has 0 radical (unpaired) electrons. The Balaban J connectivity index is 0.000000756. The number of pyridine rings is 3. The molecule has 3 heterocycles. The van der Waals surface area contributed by atoms with Gasteiger partial charge in [-0.15, -0.1) is 0 Å². The molecule has 3 heteroatoms. The van der Waals surface area contributed by atoms with E-state index in [0.29, 0.717) is 0 Å². The standard InChI is InChI=1S/3C18H14.3C17H13N.12C2H6/c3*1-3-8-15(9-4-1)17-12-7-13-18(14-17)16-10-5-2-6-11-16;1-3-8-14(9-4-1)16-12-7-13-17(18-16)15-10-5-2-6-11-15;1-3-7-14(8-4-1)16-11-17(13-18-12-16)15-9-5-2-6-10-15;1-3-7-14(8-4-1)16-11-12-18-17(13-16)15-9-5-2-6-10-15;12*1-2/h3*1-14H;3*1-13H;12*1-2H3. The zero-order chi connectivity index (χ0) is 97.3. The van der Waals surface area contributed by atoms with Gasteiger partial charge < -0.3 is 0 Å². The summed E-state index contributed by atoms with van der Waals surface area (Å²) in [6.07, 6.45) is 5.67. The van der Waals surface area contributed by atoms with Gasteiger partial charge in [0.25, 0.3) is 0 Å². The van der Waals surface area contributed by atoms with Crippen LogP contribution in [0, 0.1) is 0 Å². The van der Waals surface area contributed by atoms with Gasteiger partial charge in [0.15, 0.2) is 0 Å². The van der Waals surface area contributed by atoms with Gasteiger partial charge in [0.05, 0.1) is 17.1 Å². The molecule has 3 nitrogen and oxygen atoms in total. The second-order valence-corrected chi connectivity index (χ2v) is 25.4. The lowest BCUT2D eigenvalue weighted by molar-refractivity contribution is 1.32. The molecule has 0 unspecified atom stereocenters. The molecular weight excluding hydrogens is 1590 g/mol. The van der Waals surface area contributed by atoms with Crippen molar-refractivity contribution in [3.05, 3.63) is 492 Å². The number of rotatable bonds is 12. The maximum atomic E-state index is 4.71. The molecular formula is C129H153N3. The third-order valence-electron chi connectivity index (χ3n) is 18.0. The maximum absolute atomic E-state index is 4.71. The van der Waals surface area contributed by atoms with Crippen molar-refractivity contribution in [3.63, 3.8) is 0 Å². The Morgan fingerprint density at radius 3 is 0.455 bits per heavy atom. The Morgan fingerprint density at radius 1 is 0.114 bits per heavy atom. The van der Waals surface area contributed by atoms with E-state index in [0.717, 1.165) is 44.9 Å². The minimum atomic E-state index is 1.01. The average molecular weight is 1750 g/mol. The van der Waals surface area contributed by atoms with E-state index in [4.69, 9.17) is 4.98 Å². The molecule has 0 saturated carbocycles. The van der Waals surface area contributed by atoms with Crippen molar-refractivity contribution in [1.82, 2.24) is 15.0 Å². The summed E-state index contributed by atoms with van der Waals surface area (Å²) in [7, 11) is 0. The quantitative estimate of drug-likeness (QED) is 0.122. The predicted molar refractivity (Wildman–Crippen MR) is 593 cm³/mol. The molecule has 3 aromatic heterocycles. The van der Waals surface area contributed by atoms with Gasteiger partial charge in [-0.05, 0) is 138 Å². The summed E-state index contributed by atoms with van der Waals surface area (Å²) < 4.78 is 0. The van der Waals surface area contributed by atoms with Crippen LogP contribution in [0.1, 0.15) is 166 Å². The van der Waals surface area contributed by atoms with E-state index in [9.17, 15) is 0 Å². The normalized spacial score (nSPS) is 8.91. The van der Waals surface area contributed by atoms with Gasteiger partial charge in [0.2, 0.25) is 0 Å². The highest BCUT2D eigenvalue weighted by molar-refractivity contribution is 5.77. The van der Waals surface area contributed by atoms with Crippen molar-refractivity contribution in [1.29, 1.82) is 0 Å². The Labute approximate surface area is 801 Å². The smallest absolute Gasteiger partial charge is 0.0709 e. The zero-order valence-corrected chi connectivity index (χ0v) is 84.1. The van der Waals surface area contributed by atoms with E-state index in [1.807, 2.05) is 336 Å². The first-order valence-electron chi connectivity index (χ1n) is 48.4. The predicted octanol–water partition coefficient (Wildman–Crippen LogP) is 40.6. The highest BCUT2D eigenvalue weighted by Crippen LogP contribution is 2.32. The molecule has 0 aliphatic carbocycles. The minimum Gasteiger partial charge on any atom is -0.263 e. The van der Waals surface area contributed by atoms with E-state index in [-0.39, 0.29) is 0 Å². The summed E-state index contributed by atoms with van der Waals surface area (Å²) in [6, 6.07) is 163. The van der Waals surface area contributed by atoms with Crippen molar-refractivity contribution < 1.29 is 0 Å². The number of hydrogen-bond donors (Lipinski definition) is 0. The van der Waals surface area contributed by atoms with Crippen LogP contribution in [0.4, 0.5) is 0 Å². The monoisotopic (exact) mass is 1740 g/mol. The van der Waals surface area contributed by atoms with E-state index in [2.05, 4.69) is 331 Å². The van der Waals surface area contributed by atoms with Crippen LogP contribution in [-0.4, -0.2) is 15.0 Å². The van der Waals surface area contributed by atoms with Crippen LogP contribution in [0.25, 0.3) is 134 Å². The Hall–Kier alpha value is -14.3. The number of benzene rings is 15. The molecule has 0 fully saturated rings. The zero-order valence-electron chi connectivity index (χ0n) is 84.1. The summed E-state index contributed by atoms with van der Waals surface area (Å²) in [4.78, 5) is 13.5. The maximum Gasteiger partial charge on any atom is 0.0709 e. The summed E-state index contributed by atoms with van der Waals surface area (Å²) in [6.45, 7) is 48.0. The van der Waals surface area contributed by atoms with Gasteiger partial charge in [-0.2, -0.15) is 0 Å². The fourth-order valence-corrected chi connectivity index (χ4v) is 12.4. The van der Waals surface area contributed by atoms with Crippen LogP contribution in [0.5, 0.6) is 0 Å². The number of nitrogens with zero attached hydrogens (tertiary/aromatic N) is 3. The molecule has 0 aliphatic heterocycles. The van der Waals surface area contributed by atoms with E-state index >= 15 is 0 Å². The van der Waals surface area contributed by atoms with Gasteiger partial charge in [0, 0.05) is 46.4 Å². The highest BCUT2D eigenvalue weighted by atomic mass is 14.7. The molecule has 132 heavy (non-hydrogen) atoms. The first kappa shape index (κ1) is 116. The number of hydrogen-bond acceptors (Lipinski definition) is 3. The van der Waals surface area contributed by atoms with Crippen molar-refractivity contribution in [2.24, 2.45) is 0 Å².